The summed E-state index contributed by atoms with van der Waals surface area (Å²) in [6, 6.07) is -0.170. The van der Waals surface area contributed by atoms with Gasteiger partial charge in [-0.3, -0.25) is 4.79 Å². The number of aliphatic carboxylic acids is 1. The summed E-state index contributed by atoms with van der Waals surface area (Å²) >= 11 is 0. The first kappa shape index (κ1) is 11.8. The van der Waals surface area contributed by atoms with Crippen molar-refractivity contribution in [1.29, 1.82) is 0 Å². The second kappa shape index (κ2) is 3.97. The summed E-state index contributed by atoms with van der Waals surface area (Å²) in [5, 5.41) is 13.9. The average molecular weight is 248 g/mol. The zero-order valence-electron chi connectivity index (χ0n) is 8.87. The predicted molar refractivity (Wildman–Crippen MR) is 56.7 cm³/mol. The monoisotopic (exact) mass is 248 g/mol. The van der Waals surface area contributed by atoms with Gasteiger partial charge < -0.3 is 5.11 Å². The molecule has 7 heteroatoms. The first-order valence-electron chi connectivity index (χ1n) is 5.41. The van der Waals surface area contributed by atoms with Crippen molar-refractivity contribution in [2.45, 2.75) is 44.2 Å². The van der Waals surface area contributed by atoms with E-state index in [1.54, 1.807) is 0 Å². The zero-order chi connectivity index (χ0) is 11.9. The van der Waals surface area contributed by atoms with Crippen LogP contribution in [0.25, 0.3) is 0 Å². The highest BCUT2D eigenvalue weighted by atomic mass is 32.2. The number of hydrogen-bond acceptors (Lipinski definition) is 3. The Morgan fingerprint density at radius 3 is 2.19 bits per heavy atom. The molecule has 2 bridgehead atoms. The Morgan fingerprint density at radius 1 is 1.31 bits per heavy atom. The van der Waals surface area contributed by atoms with E-state index in [0.29, 0.717) is 12.8 Å². The molecule has 6 nitrogen and oxygen atoms in total. The number of nitrogens with zero attached hydrogens (tertiary/aromatic N) is 1. The molecule has 2 saturated heterocycles. The lowest BCUT2D eigenvalue weighted by Crippen LogP contribution is -2.49. The smallest absolute Gasteiger partial charge is 0.303 e. The van der Waals surface area contributed by atoms with Gasteiger partial charge in [0.05, 0.1) is 0 Å². The number of carboxylic acids is 1. The standard InChI is InChI=1S/C9H16N2O4S/c10-16(14,15)11-7-1-2-8(11)4-6(3-7)5-9(12)13/h6-8H,1-5H2,(H,12,13)(H2,10,14,15). The lowest BCUT2D eigenvalue weighted by molar-refractivity contribution is -0.138. The van der Waals surface area contributed by atoms with E-state index in [1.807, 2.05) is 0 Å². The van der Waals surface area contributed by atoms with E-state index in [1.165, 1.54) is 4.31 Å². The molecule has 0 saturated carbocycles. The van der Waals surface area contributed by atoms with Crippen LogP contribution in [0.15, 0.2) is 0 Å². The van der Waals surface area contributed by atoms with Gasteiger partial charge in [0.1, 0.15) is 0 Å². The lowest BCUT2D eigenvalue weighted by Gasteiger charge is -2.36. The highest BCUT2D eigenvalue weighted by molar-refractivity contribution is 7.86. The molecule has 0 aliphatic carbocycles. The summed E-state index contributed by atoms with van der Waals surface area (Å²) in [6.07, 6.45) is 2.98. The number of carbonyl (C=O) groups is 1. The molecule has 2 aliphatic rings. The number of rotatable bonds is 3. The van der Waals surface area contributed by atoms with Gasteiger partial charge in [-0.05, 0) is 31.6 Å². The molecule has 0 aromatic carbocycles. The van der Waals surface area contributed by atoms with Gasteiger partial charge in [-0.2, -0.15) is 12.7 Å². The van der Waals surface area contributed by atoms with Crippen LogP contribution in [0.4, 0.5) is 0 Å². The Bertz CT molecular complexity index is 380. The molecule has 2 atom stereocenters. The third kappa shape index (κ3) is 2.21. The van der Waals surface area contributed by atoms with Gasteiger partial charge in [-0.15, -0.1) is 0 Å². The molecule has 2 unspecified atom stereocenters. The predicted octanol–water partition coefficient (Wildman–Crippen LogP) is -0.0924. The van der Waals surface area contributed by atoms with Crippen molar-refractivity contribution in [2.24, 2.45) is 11.1 Å². The molecule has 2 fully saturated rings. The SMILES string of the molecule is NS(=O)(=O)N1C2CCC1CC(CC(=O)O)C2. The molecule has 3 N–H and O–H groups in total. The van der Waals surface area contributed by atoms with E-state index in [2.05, 4.69) is 0 Å². The molecule has 0 spiro atoms. The summed E-state index contributed by atoms with van der Waals surface area (Å²) < 4.78 is 24.1. The van der Waals surface area contributed by atoms with E-state index < -0.39 is 16.2 Å². The van der Waals surface area contributed by atoms with Crippen LogP contribution >= 0.6 is 0 Å². The Labute approximate surface area is 94.6 Å². The maximum atomic E-state index is 11.4. The van der Waals surface area contributed by atoms with Crippen molar-refractivity contribution in [3.63, 3.8) is 0 Å². The second-order valence-corrected chi connectivity index (χ2v) is 6.15. The van der Waals surface area contributed by atoms with Crippen LogP contribution in [-0.4, -0.2) is 35.9 Å². The van der Waals surface area contributed by atoms with Crippen molar-refractivity contribution in [3.05, 3.63) is 0 Å². The minimum absolute atomic E-state index is 0.0851. The molecule has 2 rings (SSSR count). The molecule has 0 amide bonds. The number of carboxylic acid groups (broad SMARTS) is 1. The van der Waals surface area contributed by atoms with Gasteiger partial charge >= 0.3 is 5.97 Å². The quantitative estimate of drug-likeness (QED) is 0.728. The topological polar surface area (TPSA) is 101 Å². The number of nitrogens with two attached hydrogens (primary N) is 1. The first-order chi connectivity index (χ1) is 7.38. The molecule has 0 radical (unpaired) electrons. The van der Waals surface area contributed by atoms with Crippen LogP contribution < -0.4 is 5.14 Å². The zero-order valence-corrected chi connectivity index (χ0v) is 9.69. The maximum absolute atomic E-state index is 11.4. The minimum atomic E-state index is -3.63. The van der Waals surface area contributed by atoms with Crippen LogP contribution in [0.1, 0.15) is 32.1 Å². The summed E-state index contributed by atoms with van der Waals surface area (Å²) in [4.78, 5) is 10.6. The lowest BCUT2D eigenvalue weighted by atomic mass is 9.90. The van der Waals surface area contributed by atoms with E-state index in [0.717, 1.165) is 12.8 Å². The van der Waals surface area contributed by atoms with E-state index in [4.69, 9.17) is 10.2 Å². The van der Waals surface area contributed by atoms with Gasteiger partial charge in [0, 0.05) is 18.5 Å². The maximum Gasteiger partial charge on any atom is 0.303 e. The highest BCUT2D eigenvalue weighted by Crippen LogP contribution is 2.40. The summed E-state index contributed by atoms with van der Waals surface area (Å²) in [6.45, 7) is 0. The van der Waals surface area contributed by atoms with Crippen LogP contribution in [0.2, 0.25) is 0 Å². The average Bonchev–Trinajstić information content (AvgIpc) is 2.37. The molecule has 2 heterocycles. The fourth-order valence-corrected chi connectivity index (χ4v) is 4.29. The highest BCUT2D eigenvalue weighted by Gasteiger charge is 2.45. The summed E-state index contributed by atoms with van der Waals surface area (Å²) in [5.74, 6) is -0.721. The van der Waals surface area contributed by atoms with Gasteiger partial charge in [0.2, 0.25) is 0 Å². The summed E-state index contributed by atoms with van der Waals surface area (Å²) in [5.41, 5.74) is 0. The largest absolute Gasteiger partial charge is 0.481 e. The van der Waals surface area contributed by atoms with E-state index in [-0.39, 0.29) is 24.4 Å². The van der Waals surface area contributed by atoms with Crippen molar-refractivity contribution in [2.75, 3.05) is 0 Å². The third-order valence-electron chi connectivity index (χ3n) is 3.52. The van der Waals surface area contributed by atoms with Crippen LogP contribution in [-0.2, 0) is 15.0 Å². The molecule has 0 aromatic rings. The Hall–Kier alpha value is -0.660. The fraction of sp³-hybridized carbons (Fsp3) is 0.889. The molecule has 0 aromatic heterocycles. The molecule has 92 valence electrons. The number of piperidine rings is 1. The third-order valence-corrected chi connectivity index (χ3v) is 4.70. The second-order valence-electron chi connectivity index (χ2n) is 4.70. The minimum Gasteiger partial charge on any atom is -0.481 e. The molecule has 16 heavy (non-hydrogen) atoms. The number of hydrogen-bond donors (Lipinski definition) is 2. The Morgan fingerprint density at radius 2 is 1.81 bits per heavy atom. The molecular formula is C9H16N2O4S. The van der Waals surface area contributed by atoms with Crippen molar-refractivity contribution < 1.29 is 18.3 Å². The van der Waals surface area contributed by atoms with Gasteiger partial charge in [-0.1, -0.05) is 0 Å². The number of fused-ring (bicyclic) bond motifs is 2. The van der Waals surface area contributed by atoms with E-state index >= 15 is 0 Å². The van der Waals surface area contributed by atoms with E-state index in [9.17, 15) is 13.2 Å². The normalized spacial score (nSPS) is 35.2. The molecule has 2 aliphatic heterocycles. The summed E-state index contributed by atoms with van der Waals surface area (Å²) in [7, 11) is -3.63. The van der Waals surface area contributed by atoms with Crippen LogP contribution in [0.5, 0.6) is 0 Å². The van der Waals surface area contributed by atoms with Crippen molar-refractivity contribution in [1.82, 2.24) is 4.31 Å². The van der Waals surface area contributed by atoms with Crippen molar-refractivity contribution >= 4 is 16.2 Å². The van der Waals surface area contributed by atoms with Gasteiger partial charge in [0.25, 0.3) is 10.2 Å². The first-order valence-corrected chi connectivity index (χ1v) is 6.91. The van der Waals surface area contributed by atoms with Crippen molar-refractivity contribution in [3.8, 4) is 0 Å². The Balaban J connectivity index is 2.10. The van der Waals surface area contributed by atoms with Gasteiger partial charge in [-0.25, -0.2) is 5.14 Å². The Kier molecular flexibility index (Phi) is 2.93. The van der Waals surface area contributed by atoms with Crippen LogP contribution in [0.3, 0.4) is 0 Å². The fourth-order valence-electron chi connectivity index (χ4n) is 3.08. The van der Waals surface area contributed by atoms with Crippen LogP contribution in [0, 0.1) is 5.92 Å². The molecular weight excluding hydrogens is 232 g/mol. The van der Waals surface area contributed by atoms with Gasteiger partial charge in [0.15, 0.2) is 0 Å².